The van der Waals surface area contributed by atoms with E-state index in [-0.39, 0.29) is 5.91 Å². The third-order valence-electron chi connectivity index (χ3n) is 4.95. The highest BCUT2D eigenvalue weighted by Gasteiger charge is 2.32. The SMILES string of the molecule is C=Cc1cccc(C(C(=O)Nc2ccccc2C)N(C)C(=O)C(C)NC(=O)OC(C)(C)C)c1. The van der Waals surface area contributed by atoms with Crippen LogP contribution < -0.4 is 10.6 Å². The van der Waals surface area contributed by atoms with Crippen molar-refractivity contribution in [3.05, 3.63) is 71.8 Å². The first-order valence-corrected chi connectivity index (χ1v) is 10.8. The minimum Gasteiger partial charge on any atom is -0.444 e. The van der Waals surface area contributed by atoms with Crippen LogP contribution in [-0.4, -0.2) is 41.5 Å². The van der Waals surface area contributed by atoms with Crippen molar-refractivity contribution in [2.45, 2.75) is 52.3 Å². The maximum absolute atomic E-state index is 13.4. The number of carbonyl (C=O) groups excluding carboxylic acids is 3. The molecule has 0 bridgehead atoms. The van der Waals surface area contributed by atoms with Gasteiger partial charge < -0.3 is 20.3 Å². The molecule has 176 valence electrons. The summed E-state index contributed by atoms with van der Waals surface area (Å²) in [5.41, 5.74) is 2.31. The number of likely N-dealkylation sites (N-methyl/N-ethyl adjacent to an activating group) is 1. The Labute approximate surface area is 195 Å². The summed E-state index contributed by atoms with van der Waals surface area (Å²) in [6, 6.07) is 12.8. The number of ether oxygens (including phenoxy) is 1. The van der Waals surface area contributed by atoms with Crippen molar-refractivity contribution >= 4 is 29.7 Å². The molecule has 0 aliphatic rings. The molecule has 7 heteroatoms. The summed E-state index contributed by atoms with van der Waals surface area (Å²) in [6.07, 6.45) is 0.972. The second kappa shape index (κ2) is 10.8. The predicted octanol–water partition coefficient (Wildman–Crippen LogP) is 4.69. The third kappa shape index (κ3) is 7.20. The number of nitrogens with zero attached hydrogens (tertiary/aromatic N) is 1. The number of benzene rings is 2. The van der Waals surface area contributed by atoms with Crippen molar-refractivity contribution in [2.24, 2.45) is 0 Å². The maximum Gasteiger partial charge on any atom is 0.408 e. The largest absolute Gasteiger partial charge is 0.444 e. The van der Waals surface area contributed by atoms with Crippen molar-refractivity contribution in [3.63, 3.8) is 0 Å². The highest BCUT2D eigenvalue weighted by atomic mass is 16.6. The minimum atomic E-state index is -0.931. The third-order valence-corrected chi connectivity index (χ3v) is 4.95. The Morgan fingerprint density at radius 3 is 2.36 bits per heavy atom. The monoisotopic (exact) mass is 451 g/mol. The van der Waals surface area contributed by atoms with Crippen molar-refractivity contribution < 1.29 is 19.1 Å². The van der Waals surface area contributed by atoms with Crippen LogP contribution in [0.3, 0.4) is 0 Å². The van der Waals surface area contributed by atoms with Gasteiger partial charge in [-0.05, 0) is 63.4 Å². The van der Waals surface area contributed by atoms with E-state index in [4.69, 9.17) is 4.74 Å². The zero-order valence-corrected chi connectivity index (χ0v) is 20.1. The van der Waals surface area contributed by atoms with E-state index in [0.29, 0.717) is 11.3 Å². The number of carbonyl (C=O) groups is 3. The van der Waals surface area contributed by atoms with Crippen molar-refractivity contribution in [2.75, 3.05) is 12.4 Å². The highest BCUT2D eigenvalue weighted by Crippen LogP contribution is 2.25. The van der Waals surface area contributed by atoms with Crippen LogP contribution in [0.25, 0.3) is 6.08 Å². The molecule has 2 atom stereocenters. The van der Waals surface area contributed by atoms with E-state index in [1.165, 1.54) is 11.9 Å². The van der Waals surface area contributed by atoms with Gasteiger partial charge in [0.05, 0.1) is 0 Å². The molecule has 0 fully saturated rings. The lowest BCUT2D eigenvalue weighted by Gasteiger charge is -2.30. The molecule has 0 aromatic heterocycles. The van der Waals surface area contributed by atoms with Gasteiger partial charge in [-0.15, -0.1) is 0 Å². The molecule has 0 heterocycles. The summed E-state index contributed by atoms with van der Waals surface area (Å²) in [5, 5.41) is 5.47. The van der Waals surface area contributed by atoms with Crippen molar-refractivity contribution in [1.29, 1.82) is 0 Å². The van der Waals surface area contributed by atoms with Gasteiger partial charge in [-0.1, -0.05) is 49.1 Å². The van der Waals surface area contributed by atoms with Gasteiger partial charge in [-0.2, -0.15) is 0 Å². The number of aryl methyl sites for hydroxylation is 1. The normalized spacial score (nSPS) is 12.8. The first-order valence-electron chi connectivity index (χ1n) is 10.8. The Kier molecular flexibility index (Phi) is 8.40. The topological polar surface area (TPSA) is 87.7 Å². The van der Waals surface area contributed by atoms with Gasteiger partial charge in [0.2, 0.25) is 5.91 Å². The van der Waals surface area contributed by atoms with E-state index in [2.05, 4.69) is 17.2 Å². The fraction of sp³-hybridized carbons (Fsp3) is 0.346. The number of hydrogen-bond donors (Lipinski definition) is 2. The first kappa shape index (κ1) is 25.6. The minimum absolute atomic E-state index is 0.370. The molecule has 33 heavy (non-hydrogen) atoms. The highest BCUT2D eigenvalue weighted by molar-refractivity contribution is 5.99. The van der Waals surface area contributed by atoms with Crippen LogP contribution >= 0.6 is 0 Å². The Bertz CT molecular complexity index is 1030. The standard InChI is InChI=1S/C26H33N3O4/c1-8-19-13-11-14-20(16-19)22(23(30)28-21-15-10-9-12-17(21)2)29(7)24(31)18(3)27-25(32)33-26(4,5)6/h8-16,18,22H,1H2,2-7H3,(H,27,32)(H,28,30). The fourth-order valence-corrected chi connectivity index (χ4v) is 3.30. The number of nitrogens with one attached hydrogen (secondary N) is 2. The van der Waals surface area contributed by atoms with Gasteiger partial charge in [0.15, 0.2) is 0 Å². The molecule has 0 radical (unpaired) electrons. The Morgan fingerprint density at radius 2 is 1.76 bits per heavy atom. The Morgan fingerprint density at radius 1 is 1.09 bits per heavy atom. The van der Waals surface area contributed by atoms with Gasteiger partial charge in [0.25, 0.3) is 5.91 Å². The molecule has 2 rings (SSSR count). The molecule has 2 aromatic rings. The lowest BCUT2D eigenvalue weighted by molar-refractivity contribution is -0.138. The Balaban J connectivity index is 2.32. The van der Waals surface area contributed by atoms with Crippen LogP contribution in [0, 0.1) is 6.92 Å². The zero-order chi connectivity index (χ0) is 24.8. The van der Waals surface area contributed by atoms with E-state index >= 15 is 0 Å². The van der Waals surface area contributed by atoms with E-state index in [9.17, 15) is 14.4 Å². The summed E-state index contributed by atoms with van der Waals surface area (Å²) in [5.74, 6) is -0.805. The quantitative estimate of drug-likeness (QED) is 0.639. The van der Waals surface area contributed by atoms with Gasteiger partial charge in [0, 0.05) is 12.7 Å². The number of para-hydroxylation sites is 1. The number of anilines is 1. The first-order chi connectivity index (χ1) is 15.4. The number of alkyl carbamates (subject to hydrolysis) is 1. The predicted molar refractivity (Wildman–Crippen MR) is 131 cm³/mol. The Hall–Kier alpha value is -3.61. The molecule has 2 aromatic carbocycles. The maximum atomic E-state index is 13.4. The van der Waals surface area contributed by atoms with Gasteiger partial charge in [0.1, 0.15) is 17.7 Å². The molecule has 0 spiro atoms. The van der Waals surface area contributed by atoms with Gasteiger partial charge in [-0.25, -0.2) is 4.79 Å². The summed E-state index contributed by atoms with van der Waals surface area (Å²) >= 11 is 0. The lowest BCUT2D eigenvalue weighted by atomic mass is 10.0. The zero-order valence-electron chi connectivity index (χ0n) is 20.1. The van der Waals surface area contributed by atoms with Gasteiger partial charge >= 0.3 is 6.09 Å². The number of hydrogen-bond acceptors (Lipinski definition) is 4. The molecule has 2 N–H and O–H groups in total. The lowest BCUT2D eigenvalue weighted by Crippen LogP contribution is -2.49. The smallest absolute Gasteiger partial charge is 0.408 e. The average Bonchev–Trinajstić information content (AvgIpc) is 2.73. The second-order valence-electron chi connectivity index (χ2n) is 8.90. The molecular weight excluding hydrogens is 418 g/mol. The summed E-state index contributed by atoms with van der Waals surface area (Å²) in [7, 11) is 1.54. The van der Waals surface area contributed by atoms with Crippen LogP contribution in [0.5, 0.6) is 0 Å². The second-order valence-corrected chi connectivity index (χ2v) is 8.90. The van der Waals surface area contributed by atoms with E-state index < -0.39 is 29.7 Å². The summed E-state index contributed by atoms with van der Waals surface area (Å²) in [6.45, 7) is 12.5. The van der Waals surface area contributed by atoms with Crippen LogP contribution in [0.15, 0.2) is 55.1 Å². The van der Waals surface area contributed by atoms with Crippen LogP contribution in [-0.2, 0) is 14.3 Å². The number of rotatable bonds is 7. The number of amides is 3. The summed E-state index contributed by atoms with van der Waals surface area (Å²) in [4.78, 5) is 40.1. The van der Waals surface area contributed by atoms with Crippen LogP contribution in [0.1, 0.15) is 50.4 Å². The average molecular weight is 452 g/mol. The van der Waals surface area contributed by atoms with Crippen LogP contribution in [0.4, 0.5) is 10.5 Å². The molecular formula is C26H33N3O4. The molecule has 0 saturated heterocycles. The molecule has 0 aliphatic heterocycles. The molecule has 3 amide bonds. The summed E-state index contributed by atoms with van der Waals surface area (Å²) < 4.78 is 5.24. The van der Waals surface area contributed by atoms with Crippen molar-refractivity contribution in [3.8, 4) is 0 Å². The van der Waals surface area contributed by atoms with Crippen molar-refractivity contribution in [1.82, 2.24) is 10.2 Å². The molecule has 0 saturated carbocycles. The van der Waals surface area contributed by atoms with E-state index in [0.717, 1.165) is 11.1 Å². The van der Waals surface area contributed by atoms with E-state index in [1.807, 2.05) is 37.3 Å². The van der Waals surface area contributed by atoms with Gasteiger partial charge in [-0.3, -0.25) is 9.59 Å². The van der Waals surface area contributed by atoms with E-state index in [1.54, 1.807) is 52.0 Å². The molecule has 2 unspecified atom stereocenters. The molecule has 7 nitrogen and oxygen atoms in total. The fourth-order valence-electron chi connectivity index (χ4n) is 3.30. The van der Waals surface area contributed by atoms with Crippen LogP contribution in [0.2, 0.25) is 0 Å². The molecule has 0 aliphatic carbocycles.